The fraction of sp³-hybridized carbons (Fsp3) is 0.409. The van der Waals surface area contributed by atoms with Crippen LogP contribution in [0.2, 0.25) is 0 Å². The summed E-state index contributed by atoms with van der Waals surface area (Å²) in [6.07, 6.45) is 8.33. The molecule has 3 aromatic heterocycles. The lowest BCUT2D eigenvalue weighted by Crippen LogP contribution is -2.45. The summed E-state index contributed by atoms with van der Waals surface area (Å²) in [7, 11) is 0. The highest BCUT2D eigenvalue weighted by atomic mass is 19.1. The van der Waals surface area contributed by atoms with Crippen LogP contribution in [0.25, 0.3) is 22.3 Å². The van der Waals surface area contributed by atoms with Crippen LogP contribution >= 0.6 is 0 Å². The molecule has 0 aromatic carbocycles. The molecule has 7 heteroatoms. The number of H-pyrrole nitrogens is 1. The lowest BCUT2D eigenvalue weighted by molar-refractivity contribution is -0.152. The van der Waals surface area contributed by atoms with E-state index in [9.17, 15) is 18.7 Å². The van der Waals surface area contributed by atoms with Gasteiger partial charge in [-0.05, 0) is 67.6 Å². The number of pyridine rings is 2. The Kier molecular flexibility index (Phi) is 4.33. The highest BCUT2D eigenvalue weighted by Crippen LogP contribution is 2.50. The highest BCUT2D eigenvalue weighted by Gasteiger charge is 2.47. The second kappa shape index (κ2) is 6.90. The Morgan fingerprint density at radius 1 is 1.10 bits per heavy atom. The van der Waals surface area contributed by atoms with E-state index < -0.39 is 23.5 Å². The van der Waals surface area contributed by atoms with Crippen molar-refractivity contribution in [3.8, 4) is 11.3 Å². The average molecular weight is 397 g/mol. The Bertz CT molecular complexity index is 1090. The number of carboxylic acids is 1. The van der Waals surface area contributed by atoms with E-state index in [-0.39, 0.29) is 11.8 Å². The summed E-state index contributed by atoms with van der Waals surface area (Å²) in [6.45, 7) is 0. The Hall–Kier alpha value is -2.83. The van der Waals surface area contributed by atoms with Gasteiger partial charge in [0.2, 0.25) is 0 Å². The molecular weight excluding hydrogens is 376 g/mol. The van der Waals surface area contributed by atoms with Crippen LogP contribution in [0.4, 0.5) is 8.78 Å². The van der Waals surface area contributed by atoms with Gasteiger partial charge in [-0.15, -0.1) is 0 Å². The predicted octanol–water partition coefficient (Wildman–Crippen LogP) is 4.58. The summed E-state index contributed by atoms with van der Waals surface area (Å²) in [5.41, 5.74) is 2.17. The zero-order valence-corrected chi connectivity index (χ0v) is 15.7. The number of carboxylic acid groups (broad SMARTS) is 1. The van der Waals surface area contributed by atoms with Crippen molar-refractivity contribution in [1.29, 1.82) is 0 Å². The van der Waals surface area contributed by atoms with Crippen molar-refractivity contribution >= 4 is 17.0 Å². The molecule has 3 heterocycles. The van der Waals surface area contributed by atoms with Crippen LogP contribution in [0.3, 0.4) is 0 Å². The maximum absolute atomic E-state index is 14.6. The molecule has 0 unspecified atom stereocenters. The quantitative estimate of drug-likeness (QED) is 0.675. The fourth-order valence-corrected chi connectivity index (χ4v) is 5.48. The van der Waals surface area contributed by atoms with Gasteiger partial charge >= 0.3 is 5.97 Å². The van der Waals surface area contributed by atoms with Crippen LogP contribution in [0.15, 0.2) is 30.7 Å². The highest BCUT2D eigenvalue weighted by molar-refractivity contribution is 5.92. The second-order valence-corrected chi connectivity index (χ2v) is 8.32. The molecule has 3 aliphatic rings. The molecule has 0 radical (unpaired) electrons. The molecule has 5 nitrogen and oxygen atoms in total. The maximum Gasteiger partial charge on any atom is 0.307 e. The lowest BCUT2D eigenvalue weighted by Gasteiger charge is -2.47. The molecule has 3 saturated carbocycles. The van der Waals surface area contributed by atoms with E-state index in [1.54, 1.807) is 12.3 Å². The summed E-state index contributed by atoms with van der Waals surface area (Å²) in [6, 6.07) is 3.05. The number of hydrogen-bond donors (Lipinski definition) is 2. The van der Waals surface area contributed by atoms with Gasteiger partial charge in [-0.1, -0.05) is 0 Å². The van der Waals surface area contributed by atoms with Crippen molar-refractivity contribution in [2.45, 2.75) is 32.1 Å². The van der Waals surface area contributed by atoms with E-state index in [1.807, 2.05) is 0 Å². The molecule has 0 spiro atoms. The van der Waals surface area contributed by atoms with Gasteiger partial charge in [-0.25, -0.2) is 13.8 Å². The first-order valence-corrected chi connectivity index (χ1v) is 10.0. The smallest absolute Gasteiger partial charge is 0.307 e. The molecule has 6 rings (SSSR count). The number of carbonyl (C=O) groups is 1. The number of hydrogen-bond acceptors (Lipinski definition) is 3. The van der Waals surface area contributed by atoms with Crippen LogP contribution in [0.5, 0.6) is 0 Å². The first-order chi connectivity index (χ1) is 14.0. The van der Waals surface area contributed by atoms with Crippen molar-refractivity contribution in [2.24, 2.45) is 23.7 Å². The minimum absolute atomic E-state index is 0.0631. The van der Waals surface area contributed by atoms with E-state index in [0.717, 1.165) is 31.9 Å². The molecular formula is C22H21F2N3O2. The van der Waals surface area contributed by atoms with Crippen LogP contribution < -0.4 is 0 Å². The molecule has 3 aliphatic carbocycles. The van der Waals surface area contributed by atoms with E-state index in [1.165, 1.54) is 12.3 Å². The topological polar surface area (TPSA) is 78.9 Å². The van der Waals surface area contributed by atoms with Gasteiger partial charge in [-0.3, -0.25) is 9.78 Å². The molecule has 29 heavy (non-hydrogen) atoms. The SMILES string of the molecule is O=C(O)[C@H]1C2CCC(CC2)[C@@H]1Cc1cc(-c2c[nH]c3ncc(F)cc23)ncc1F. The first kappa shape index (κ1) is 18.2. The third-order valence-electron chi connectivity index (χ3n) is 6.84. The third kappa shape index (κ3) is 3.09. The van der Waals surface area contributed by atoms with Gasteiger partial charge in [0.1, 0.15) is 17.3 Å². The maximum atomic E-state index is 14.6. The molecule has 150 valence electrons. The van der Waals surface area contributed by atoms with Gasteiger partial charge in [-0.2, -0.15) is 0 Å². The molecule has 3 aromatic rings. The number of rotatable bonds is 4. The number of aliphatic carboxylic acids is 1. The summed E-state index contributed by atoms with van der Waals surface area (Å²) < 4.78 is 28.3. The summed E-state index contributed by atoms with van der Waals surface area (Å²) in [4.78, 5) is 23.1. The Morgan fingerprint density at radius 3 is 2.62 bits per heavy atom. The van der Waals surface area contributed by atoms with Gasteiger partial charge in [0.25, 0.3) is 0 Å². The average Bonchev–Trinajstić information content (AvgIpc) is 3.13. The Morgan fingerprint density at radius 2 is 1.86 bits per heavy atom. The number of nitrogens with zero attached hydrogens (tertiary/aromatic N) is 2. The van der Waals surface area contributed by atoms with Crippen LogP contribution in [0, 0.1) is 35.3 Å². The normalized spacial score (nSPS) is 26.1. The van der Waals surface area contributed by atoms with Crippen LogP contribution in [0.1, 0.15) is 31.2 Å². The minimum Gasteiger partial charge on any atom is -0.481 e. The van der Waals surface area contributed by atoms with Crippen molar-refractivity contribution in [3.05, 3.63) is 47.9 Å². The Labute approximate surface area is 166 Å². The minimum atomic E-state index is -0.766. The van der Waals surface area contributed by atoms with Crippen molar-refractivity contribution in [3.63, 3.8) is 0 Å². The molecule has 2 atom stereocenters. The molecule has 0 amide bonds. The van der Waals surface area contributed by atoms with Crippen molar-refractivity contribution in [2.75, 3.05) is 0 Å². The summed E-state index contributed by atoms with van der Waals surface area (Å²) in [5.74, 6) is -1.61. The van der Waals surface area contributed by atoms with Crippen LogP contribution in [-0.4, -0.2) is 26.0 Å². The number of fused-ring (bicyclic) bond motifs is 4. The van der Waals surface area contributed by atoms with Gasteiger partial charge in [0.15, 0.2) is 0 Å². The standard InChI is InChI=1S/C22H21F2N3O2/c23-14-7-16-17(9-27-21(16)26-8-14)19-6-13(18(24)10-25-19)5-15-11-1-3-12(4-2-11)20(15)22(28)29/h6-12,15,20H,1-5H2,(H,26,27)(H,28,29)/t11?,12?,15-,20-/m0/s1. The number of nitrogens with one attached hydrogen (secondary N) is 1. The van der Waals surface area contributed by atoms with Crippen molar-refractivity contribution < 1.29 is 18.7 Å². The number of aromatic amines is 1. The third-order valence-corrected chi connectivity index (χ3v) is 6.84. The summed E-state index contributed by atoms with van der Waals surface area (Å²) in [5, 5.41) is 10.4. The Balaban J connectivity index is 1.51. The zero-order chi connectivity index (χ0) is 20.1. The van der Waals surface area contributed by atoms with E-state index in [2.05, 4.69) is 15.0 Å². The number of halogens is 2. The largest absolute Gasteiger partial charge is 0.481 e. The number of aromatic nitrogens is 3. The van der Waals surface area contributed by atoms with Gasteiger partial charge in [0.05, 0.1) is 24.0 Å². The molecule has 3 fully saturated rings. The van der Waals surface area contributed by atoms with Gasteiger partial charge < -0.3 is 10.1 Å². The molecule has 0 saturated heterocycles. The van der Waals surface area contributed by atoms with Crippen molar-refractivity contribution in [1.82, 2.24) is 15.0 Å². The predicted molar refractivity (Wildman–Crippen MR) is 103 cm³/mol. The zero-order valence-electron chi connectivity index (χ0n) is 15.7. The fourth-order valence-electron chi connectivity index (χ4n) is 5.48. The lowest BCUT2D eigenvalue weighted by atomic mass is 9.57. The summed E-state index contributed by atoms with van der Waals surface area (Å²) >= 11 is 0. The van der Waals surface area contributed by atoms with E-state index >= 15 is 0 Å². The van der Waals surface area contributed by atoms with E-state index in [4.69, 9.17) is 0 Å². The second-order valence-electron chi connectivity index (χ2n) is 8.32. The monoisotopic (exact) mass is 397 g/mol. The molecule has 2 N–H and O–H groups in total. The molecule has 0 aliphatic heterocycles. The van der Waals surface area contributed by atoms with E-state index in [0.29, 0.717) is 40.2 Å². The molecule has 2 bridgehead atoms. The van der Waals surface area contributed by atoms with Gasteiger partial charge in [0, 0.05) is 17.1 Å². The first-order valence-electron chi connectivity index (χ1n) is 10.0. The van der Waals surface area contributed by atoms with Crippen LogP contribution in [-0.2, 0) is 11.2 Å².